The van der Waals surface area contributed by atoms with Gasteiger partial charge in [0, 0.05) is 0 Å². The molecule has 0 atom stereocenters. The van der Waals surface area contributed by atoms with Crippen LogP contribution in [0.3, 0.4) is 0 Å². The van der Waals surface area contributed by atoms with Crippen LogP contribution in [-0.4, -0.2) is 10.9 Å². The van der Waals surface area contributed by atoms with Gasteiger partial charge < -0.3 is 5.11 Å². The Balaban J connectivity index is 2.60. The van der Waals surface area contributed by atoms with Gasteiger partial charge in [0.05, 0.1) is 10.8 Å². The minimum absolute atomic E-state index is 0.119. The van der Waals surface area contributed by atoms with Crippen molar-refractivity contribution in [1.29, 1.82) is 0 Å². The standard InChI is InChI=1S/C15H20O2/c1-10-7-6-8-11(9-10)15(17)13(2,3)12(16)14(15,4)5/h6-9,17H,1-5H3. The second-order valence-electron chi connectivity index (χ2n) is 6.16. The van der Waals surface area contributed by atoms with Crippen molar-refractivity contribution < 1.29 is 9.90 Å². The predicted octanol–water partition coefficient (Wildman–Crippen LogP) is 2.82. The molecule has 1 aromatic carbocycles. The van der Waals surface area contributed by atoms with Gasteiger partial charge >= 0.3 is 0 Å². The molecule has 2 heteroatoms. The summed E-state index contributed by atoms with van der Waals surface area (Å²) in [6, 6.07) is 7.80. The summed E-state index contributed by atoms with van der Waals surface area (Å²) in [5.41, 5.74) is -0.577. The Morgan fingerprint density at radius 2 is 1.59 bits per heavy atom. The molecule has 92 valence electrons. The van der Waals surface area contributed by atoms with Gasteiger partial charge in [-0.25, -0.2) is 0 Å². The summed E-state index contributed by atoms with van der Waals surface area (Å²) in [5, 5.41) is 11.0. The van der Waals surface area contributed by atoms with Crippen molar-refractivity contribution in [3.63, 3.8) is 0 Å². The van der Waals surface area contributed by atoms with Crippen LogP contribution in [0.4, 0.5) is 0 Å². The molecule has 0 aliphatic heterocycles. The molecule has 1 aliphatic rings. The van der Waals surface area contributed by atoms with Crippen LogP contribution >= 0.6 is 0 Å². The molecule has 1 aromatic rings. The van der Waals surface area contributed by atoms with E-state index in [2.05, 4.69) is 0 Å². The van der Waals surface area contributed by atoms with Crippen molar-refractivity contribution in [2.75, 3.05) is 0 Å². The number of carbonyl (C=O) groups excluding carboxylic acids is 1. The monoisotopic (exact) mass is 232 g/mol. The highest BCUT2D eigenvalue weighted by Crippen LogP contribution is 2.63. The fraction of sp³-hybridized carbons (Fsp3) is 0.533. The van der Waals surface area contributed by atoms with E-state index in [1.165, 1.54) is 0 Å². The van der Waals surface area contributed by atoms with Crippen LogP contribution in [0, 0.1) is 17.8 Å². The quantitative estimate of drug-likeness (QED) is 0.808. The predicted molar refractivity (Wildman–Crippen MR) is 67.6 cm³/mol. The number of aryl methyl sites for hydroxylation is 1. The lowest BCUT2D eigenvalue weighted by Gasteiger charge is -2.62. The van der Waals surface area contributed by atoms with Crippen LogP contribution in [0.2, 0.25) is 0 Å². The van der Waals surface area contributed by atoms with E-state index in [9.17, 15) is 9.90 Å². The smallest absolute Gasteiger partial charge is 0.150 e. The molecule has 0 spiro atoms. The molecule has 2 nitrogen and oxygen atoms in total. The molecular formula is C15H20O2. The Bertz CT molecular complexity index is 465. The van der Waals surface area contributed by atoms with Crippen LogP contribution < -0.4 is 0 Å². The molecule has 0 saturated heterocycles. The Morgan fingerprint density at radius 3 is 2.06 bits per heavy atom. The fourth-order valence-electron chi connectivity index (χ4n) is 3.42. The number of Topliss-reactive ketones (excluding diaryl/α,β-unsaturated/α-hetero) is 1. The first-order valence-corrected chi connectivity index (χ1v) is 6.00. The van der Waals surface area contributed by atoms with Gasteiger partial charge in [-0.15, -0.1) is 0 Å². The molecule has 1 saturated carbocycles. The summed E-state index contributed by atoms with van der Waals surface area (Å²) in [6.07, 6.45) is 0. The van der Waals surface area contributed by atoms with Gasteiger partial charge in [0.2, 0.25) is 0 Å². The van der Waals surface area contributed by atoms with E-state index >= 15 is 0 Å². The number of aliphatic hydroxyl groups is 1. The molecule has 0 heterocycles. The Kier molecular flexibility index (Phi) is 2.32. The normalized spacial score (nSPS) is 24.2. The first-order valence-electron chi connectivity index (χ1n) is 6.00. The molecule has 0 aromatic heterocycles. The number of carbonyl (C=O) groups is 1. The van der Waals surface area contributed by atoms with Gasteiger partial charge in [-0.3, -0.25) is 4.79 Å². The molecule has 0 radical (unpaired) electrons. The highest BCUT2D eigenvalue weighted by atomic mass is 16.3. The van der Waals surface area contributed by atoms with E-state index in [1.807, 2.05) is 58.9 Å². The average molecular weight is 232 g/mol. The highest BCUT2D eigenvalue weighted by Gasteiger charge is 2.72. The Hall–Kier alpha value is -1.15. The summed E-state index contributed by atoms with van der Waals surface area (Å²) in [6.45, 7) is 9.28. The molecule has 0 unspecified atom stereocenters. The van der Waals surface area contributed by atoms with Gasteiger partial charge in [-0.1, -0.05) is 29.8 Å². The zero-order chi connectivity index (χ0) is 13.1. The minimum Gasteiger partial charge on any atom is -0.383 e. The number of hydrogen-bond donors (Lipinski definition) is 1. The zero-order valence-corrected chi connectivity index (χ0v) is 11.2. The van der Waals surface area contributed by atoms with Crippen molar-refractivity contribution in [3.05, 3.63) is 35.4 Å². The van der Waals surface area contributed by atoms with E-state index in [-0.39, 0.29) is 5.78 Å². The summed E-state index contributed by atoms with van der Waals surface area (Å²) in [5.74, 6) is 0.119. The third kappa shape index (κ3) is 1.22. The van der Waals surface area contributed by atoms with Gasteiger partial charge in [0.15, 0.2) is 5.78 Å². The minimum atomic E-state index is -1.08. The molecule has 1 fully saturated rings. The maximum atomic E-state index is 12.1. The van der Waals surface area contributed by atoms with Crippen LogP contribution in [0.5, 0.6) is 0 Å². The summed E-state index contributed by atoms with van der Waals surface area (Å²) >= 11 is 0. The largest absolute Gasteiger partial charge is 0.383 e. The first kappa shape index (κ1) is 12.3. The molecule has 1 aliphatic carbocycles. The van der Waals surface area contributed by atoms with Gasteiger partial charge in [-0.05, 0) is 40.2 Å². The van der Waals surface area contributed by atoms with Crippen molar-refractivity contribution in [2.45, 2.75) is 40.2 Å². The number of hydrogen-bond acceptors (Lipinski definition) is 2. The second kappa shape index (κ2) is 3.20. The van der Waals surface area contributed by atoms with Crippen molar-refractivity contribution in [3.8, 4) is 0 Å². The van der Waals surface area contributed by atoms with Crippen LogP contribution in [-0.2, 0) is 10.4 Å². The second-order valence-corrected chi connectivity index (χ2v) is 6.16. The third-order valence-electron chi connectivity index (χ3n) is 4.38. The van der Waals surface area contributed by atoms with E-state index in [0.29, 0.717) is 0 Å². The number of benzene rings is 1. The van der Waals surface area contributed by atoms with E-state index in [4.69, 9.17) is 0 Å². The van der Waals surface area contributed by atoms with Crippen LogP contribution in [0.25, 0.3) is 0 Å². The maximum Gasteiger partial charge on any atom is 0.150 e. The van der Waals surface area contributed by atoms with Gasteiger partial charge in [-0.2, -0.15) is 0 Å². The lowest BCUT2D eigenvalue weighted by atomic mass is 9.42. The first-order chi connectivity index (χ1) is 7.65. The van der Waals surface area contributed by atoms with Crippen LogP contribution in [0.1, 0.15) is 38.8 Å². The van der Waals surface area contributed by atoms with Crippen molar-refractivity contribution in [2.24, 2.45) is 10.8 Å². The van der Waals surface area contributed by atoms with Gasteiger partial charge in [0.1, 0.15) is 5.60 Å². The molecule has 0 amide bonds. The van der Waals surface area contributed by atoms with Crippen LogP contribution in [0.15, 0.2) is 24.3 Å². The van der Waals surface area contributed by atoms with E-state index in [1.54, 1.807) is 0 Å². The summed E-state index contributed by atoms with van der Waals surface area (Å²) in [4.78, 5) is 12.1. The maximum absolute atomic E-state index is 12.1. The molecule has 17 heavy (non-hydrogen) atoms. The summed E-state index contributed by atoms with van der Waals surface area (Å²) in [7, 11) is 0. The molecule has 0 bridgehead atoms. The SMILES string of the molecule is Cc1cccc(C2(O)C(C)(C)C(=O)C2(C)C)c1. The molecule has 1 N–H and O–H groups in total. The summed E-state index contributed by atoms with van der Waals surface area (Å²) < 4.78 is 0. The topological polar surface area (TPSA) is 37.3 Å². The highest BCUT2D eigenvalue weighted by molar-refractivity contribution is 5.99. The van der Waals surface area contributed by atoms with E-state index in [0.717, 1.165) is 11.1 Å². The number of rotatable bonds is 1. The number of ketones is 1. The zero-order valence-electron chi connectivity index (χ0n) is 11.2. The molecular weight excluding hydrogens is 212 g/mol. The lowest BCUT2D eigenvalue weighted by molar-refractivity contribution is -0.230. The third-order valence-corrected chi connectivity index (χ3v) is 4.38. The average Bonchev–Trinajstić information content (AvgIpc) is 2.26. The molecule has 2 rings (SSSR count). The lowest BCUT2D eigenvalue weighted by Crippen LogP contribution is -2.71. The Labute approximate surface area is 103 Å². The van der Waals surface area contributed by atoms with E-state index < -0.39 is 16.4 Å². The fourth-order valence-corrected chi connectivity index (χ4v) is 3.42. The Morgan fingerprint density at radius 1 is 1.06 bits per heavy atom. The van der Waals surface area contributed by atoms with Crippen molar-refractivity contribution >= 4 is 5.78 Å². The van der Waals surface area contributed by atoms with Crippen molar-refractivity contribution in [1.82, 2.24) is 0 Å². The van der Waals surface area contributed by atoms with Gasteiger partial charge in [0.25, 0.3) is 0 Å².